The Bertz CT molecular complexity index is 295. The second-order valence-corrected chi connectivity index (χ2v) is 1.52. The van der Waals surface area contributed by atoms with E-state index < -0.39 is 0 Å². The zero-order valence-electron chi connectivity index (χ0n) is 6.59. The normalized spacial score (nSPS) is 7.36. The van der Waals surface area contributed by atoms with E-state index in [-0.39, 0.29) is 11.1 Å². The zero-order valence-corrected chi connectivity index (χ0v) is 6.59. The van der Waals surface area contributed by atoms with Crippen LogP contribution in [0.25, 0.3) is 0 Å². The van der Waals surface area contributed by atoms with Gasteiger partial charge in [-0.1, -0.05) is 13.8 Å². The lowest BCUT2D eigenvalue weighted by molar-refractivity contribution is 1.21. The van der Waals surface area contributed by atoms with E-state index in [1.165, 1.54) is 12.3 Å². The number of hydrogen-bond acceptors (Lipinski definition) is 2. The highest BCUT2D eigenvalue weighted by Gasteiger charge is 1.90. The molecule has 0 aliphatic carbocycles. The summed E-state index contributed by atoms with van der Waals surface area (Å²) in [5.74, 6) is 0. The molecule has 1 N–H and O–H groups in total. The third-order valence-corrected chi connectivity index (χ3v) is 0.939. The van der Waals surface area contributed by atoms with Crippen LogP contribution >= 0.6 is 0 Å². The van der Waals surface area contributed by atoms with Crippen LogP contribution in [0.4, 0.5) is 0 Å². The predicted octanol–water partition coefficient (Wildman–Crippen LogP) is 1.27. The summed E-state index contributed by atoms with van der Waals surface area (Å²) in [6, 6.07) is 4.83. The number of aromatic nitrogens is 1. The van der Waals surface area contributed by atoms with Crippen LogP contribution in [0.3, 0.4) is 0 Å². The molecular weight excluding hydrogens is 140 g/mol. The molecule has 1 aromatic heterocycles. The summed E-state index contributed by atoms with van der Waals surface area (Å²) in [5.41, 5.74) is -0.183. The zero-order chi connectivity index (χ0) is 8.69. The molecule has 1 rings (SSSR count). The number of aromatic amines is 1. The second kappa shape index (κ2) is 5.24. The lowest BCUT2D eigenvalue weighted by Crippen LogP contribution is -2.07. The fourth-order valence-corrected chi connectivity index (χ4v) is 0.510. The summed E-state index contributed by atoms with van der Waals surface area (Å²) in [4.78, 5) is 12.9. The Labute approximate surface area is 65.3 Å². The van der Waals surface area contributed by atoms with Crippen LogP contribution in [0, 0.1) is 11.3 Å². The average molecular weight is 150 g/mol. The highest BCUT2D eigenvalue weighted by atomic mass is 16.1. The first-order chi connectivity index (χ1) is 5.34. The van der Waals surface area contributed by atoms with Gasteiger partial charge in [-0.15, -0.1) is 0 Å². The highest BCUT2D eigenvalue weighted by molar-refractivity contribution is 5.23. The molecule has 1 heterocycles. The lowest BCUT2D eigenvalue weighted by atomic mass is 10.3. The molecule has 0 aliphatic rings. The van der Waals surface area contributed by atoms with Crippen LogP contribution in [0.2, 0.25) is 0 Å². The van der Waals surface area contributed by atoms with Gasteiger partial charge in [0.25, 0.3) is 5.56 Å². The number of rotatable bonds is 0. The maximum absolute atomic E-state index is 10.6. The van der Waals surface area contributed by atoms with Crippen LogP contribution in [-0.4, -0.2) is 4.98 Å². The van der Waals surface area contributed by atoms with Gasteiger partial charge in [0.1, 0.15) is 11.6 Å². The Morgan fingerprint density at radius 2 is 2.18 bits per heavy atom. The van der Waals surface area contributed by atoms with Crippen LogP contribution in [0.15, 0.2) is 23.1 Å². The van der Waals surface area contributed by atoms with Crippen molar-refractivity contribution >= 4 is 0 Å². The van der Waals surface area contributed by atoms with Gasteiger partial charge in [-0.25, -0.2) is 0 Å². The SMILES string of the molecule is CC.N#Cc1ccc[nH]c1=O. The van der Waals surface area contributed by atoms with Gasteiger partial charge in [0, 0.05) is 6.20 Å². The van der Waals surface area contributed by atoms with Gasteiger partial charge in [-0.3, -0.25) is 4.79 Å². The van der Waals surface area contributed by atoms with Crippen molar-refractivity contribution in [2.45, 2.75) is 13.8 Å². The maximum Gasteiger partial charge on any atom is 0.265 e. The summed E-state index contributed by atoms with van der Waals surface area (Å²) in [5, 5.41) is 8.25. The van der Waals surface area contributed by atoms with Crippen LogP contribution in [-0.2, 0) is 0 Å². The van der Waals surface area contributed by atoms with Crippen molar-refractivity contribution in [1.82, 2.24) is 4.98 Å². The molecule has 0 bridgehead atoms. The summed E-state index contributed by atoms with van der Waals surface area (Å²) < 4.78 is 0. The smallest absolute Gasteiger partial charge is 0.265 e. The molecule has 0 aliphatic heterocycles. The van der Waals surface area contributed by atoms with Crippen molar-refractivity contribution in [1.29, 1.82) is 5.26 Å². The van der Waals surface area contributed by atoms with Gasteiger partial charge in [0.05, 0.1) is 0 Å². The molecule has 1 aromatic rings. The summed E-state index contributed by atoms with van der Waals surface area (Å²) in [7, 11) is 0. The minimum Gasteiger partial charge on any atom is -0.328 e. The largest absolute Gasteiger partial charge is 0.328 e. The first kappa shape index (κ1) is 9.44. The number of nitrogens with zero attached hydrogens (tertiary/aromatic N) is 1. The quantitative estimate of drug-likeness (QED) is 0.605. The van der Waals surface area contributed by atoms with E-state index in [0.29, 0.717) is 0 Å². The number of pyridine rings is 1. The molecule has 0 unspecified atom stereocenters. The van der Waals surface area contributed by atoms with Crippen molar-refractivity contribution < 1.29 is 0 Å². The van der Waals surface area contributed by atoms with E-state index in [9.17, 15) is 4.79 Å². The van der Waals surface area contributed by atoms with Gasteiger partial charge >= 0.3 is 0 Å². The Hall–Kier alpha value is -1.56. The monoisotopic (exact) mass is 150 g/mol. The highest BCUT2D eigenvalue weighted by Crippen LogP contribution is 1.82. The summed E-state index contributed by atoms with van der Waals surface area (Å²) >= 11 is 0. The molecule has 11 heavy (non-hydrogen) atoms. The van der Waals surface area contributed by atoms with E-state index in [1.54, 1.807) is 12.1 Å². The molecule has 0 amide bonds. The predicted molar refractivity (Wildman–Crippen MR) is 43.1 cm³/mol. The third-order valence-electron chi connectivity index (χ3n) is 0.939. The van der Waals surface area contributed by atoms with Crippen molar-refractivity contribution in [3.05, 3.63) is 34.2 Å². The van der Waals surface area contributed by atoms with Crippen molar-refractivity contribution in [3.63, 3.8) is 0 Å². The topological polar surface area (TPSA) is 56.6 Å². The number of hydrogen-bond donors (Lipinski definition) is 1. The van der Waals surface area contributed by atoms with Crippen LogP contribution in [0.1, 0.15) is 19.4 Å². The van der Waals surface area contributed by atoms with E-state index in [2.05, 4.69) is 4.98 Å². The third kappa shape index (κ3) is 2.67. The van der Waals surface area contributed by atoms with Crippen molar-refractivity contribution in [2.75, 3.05) is 0 Å². The van der Waals surface area contributed by atoms with E-state index in [0.717, 1.165) is 0 Å². The standard InChI is InChI=1S/C6H4N2O.C2H6/c7-4-5-2-1-3-8-6(5)9;1-2/h1-3H,(H,8,9);1-2H3. The fraction of sp³-hybridized carbons (Fsp3) is 0.250. The Morgan fingerprint density at radius 1 is 1.55 bits per heavy atom. The Morgan fingerprint density at radius 3 is 2.55 bits per heavy atom. The Balaban J connectivity index is 0.000000461. The molecule has 0 aromatic carbocycles. The maximum atomic E-state index is 10.6. The molecule has 0 saturated heterocycles. The molecule has 0 fully saturated rings. The van der Waals surface area contributed by atoms with Gasteiger partial charge in [0.15, 0.2) is 0 Å². The number of H-pyrrole nitrogens is 1. The van der Waals surface area contributed by atoms with Crippen molar-refractivity contribution in [3.8, 4) is 6.07 Å². The van der Waals surface area contributed by atoms with Gasteiger partial charge in [-0.2, -0.15) is 5.26 Å². The second-order valence-electron chi connectivity index (χ2n) is 1.52. The van der Waals surface area contributed by atoms with Gasteiger partial charge in [-0.05, 0) is 12.1 Å². The van der Waals surface area contributed by atoms with E-state index in [1.807, 2.05) is 13.8 Å². The fourth-order valence-electron chi connectivity index (χ4n) is 0.510. The lowest BCUT2D eigenvalue weighted by Gasteiger charge is -1.81. The molecule has 0 spiro atoms. The molecule has 0 atom stereocenters. The minimum atomic E-state index is -0.333. The average Bonchev–Trinajstić information content (AvgIpc) is 2.09. The first-order valence-electron chi connectivity index (χ1n) is 3.42. The van der Waals surface area contributed by atoms with Crippen molar-refractivity contribution in [2.24, 2.45) is 0 Å². The Kier molecular flexibility index (Phi) is 4.50. The minimum absolute atomic E-state index is 0.150. The molecule has 0 radical (unpaired) electrons. The van der Waals surface area contributed by atoms with Crippen LogP contribution < -0.4 is 5.56 Å². The molecular formula is C8H10N2O. The van der Waals surface area contributed by atoms with Gasteiger partial charge < -0.3 is 4.98 Å². The molecule has 58 valence electrons. The molecule has 3 nitrogen and oxygen atoms in total. The van der Waals surface area contributed by atoms with Gasteiger partial charge in [0.2, 0.25) is 0 Å². The summed E-state index contributed by atoms with van der Waals surface area (Å²) in [6.45, 7) is 4.00. The molecule has 0 saturated carbocycles. The van der Waals surface area contributed by atoms with E-state index in [4.69, 9.17) is 5.26 Å². The van der Waals surface area contributed by atoms with Crippen LogP contribution in [0.5, 0.6) is 0 Å². The first-order valence-corrected chi connectivity index (χ1v) is 3.42. The number of nitrogens with one attached hydrogen (secondary N) is 1. The summed E-state index contributed by atoms with van der Waals surface area (Å²) in [6.07, 6.45) is 1.49. The number of nitriles is 1. The molecule has 3 heteroatoms. The van der Waals surface area contributed by atoms with E-state index >= 15 is 0 Å².